The minimum Gasteiger partial charge on any atom is -0.352 e. The van der Waals surface area contributed by atoms with Gasteiger partial charge in [-0.3, -0.25) is 4.79 Å². The van der Waals surface area contributed by atoms with Gasteiger partial charge in [-0.2, -0.15) is 13.2 Å². The third-order valence-electron chi connectivity index (χ3n) is 4.25. The SMILES string of the molecule is O=C(NCC1CC1)c1cc(C(F)(F)F)cc(C(F)(F)C2CC2)c1. The number of carbonyl (C=O) groups is 1. The van der Waals surface area contributed by atoms with E-state index >= 15 is 0 Å². The summed E-state index contributed by atoms with van der Waals surface area (Å²) in [6.45, 7) is 0.365. The minimum absolute atomic E-state index is 0.284. The van der Waals surface area contributed by atoms with Gasteiger partial charge >= 0.3 is 6.18 Å². The number of hydrogen-bond donors (Lipinski definition) is 1. The van der Waals surface area contributed by atoms with Gasteiger partial charge in [-0.25, -0.2) is 8.78 Å². The number of rotatable bonds is 5. The number of amides is 1. The number of halogens is 5. The predicted octanol–water partition coefficient (Wildman–Crippen LogP) is 4.35. The van der Waals surface area contributed by atoms with E-state index in [0.29, 0.717) is 24.6 Å². The second kappa shape index (κ2) is 5.46. The average molecular weight is 333 g/mol. The van der Waals surface area contributed by atoms with Crippen molar-refractivity contribution in [3.63, 3.8) is 0 Å². The lowest BCUT2D eigenvalue weighted by Gasteiger charge is -2.19. The molecule has 0 radical (unpaired) electrons. The lowest BCUT2D eigenvalue weighted by atomic mass is 9.97. The van der Waals surface area contributed by atoms with Gasteiger partial charge in [0.05, 0.1) is 5.56 Å². The Balaban J connectivity index is 1.92. The number of nitrogens with one attached hydrogen (secondary N) is 1. The van der Waals surface area contributed by atoms with Gasteiger partial charge in [-0.1, -0.05) is 0 Å². The first kappa shape index (κ1) is 16.2. The molecule has 1 aromatic carbocycles. The van der Waals surface area contributed by atoms with Crippen molar-refractivity contribution in [1.82, 2.24) is 5.32 Å². The summed E-state index contributed by atoms with van der Waals surface area (Å²) in [7, 11) is 0. The summed E-state index contributed by atoms with van der Waals surface area (Å²) in [6, 6.07) is 1.97. The minimum atomic E-state index is -4.78. The standard InChI is InChI=1S/C16H16F5NO/c17-15(18,11-3-4-11)12-5-10(6-13(7-12)16(19,20)21)14(23)22-8-9-1-2-9/h5-7,9,11H,1-4,8H2,(H,22,23). The van der Waals surface area contributed by atoms with E-state index in [1.165, 1.54) is 0 Å². The Kier molecular flexibility index (Phi) is 3.84. The van der Waals surface area contributed by atoms with Crippen molar-refractivity contribution < 1.29 is 26.7 Å². The van der Waals surface area contributed by atoms with Gasteiger partial charge in [0.2, 0.25) is 0 Å². The fourth-order valence-electron chi connectivity index (χ4n) is 2.46. The van der Waals surface area contributed by atoms with Crippen LogP contribution in [-0.4, -0.2) is 12.5 Å². The van der Waals surface area contributed by atoms with E-state index < -0.39 is 35.1 Å². The second-order valence-corrected chi connectivity index (χ2v) is 6.35. The average Bonchev–Trinajstić information content (AvgIpc) is 3.36. The molecule has 2 saturated carbocycles. The Morgan fingerprint density at radius 1 is 1.00 bits per heavy atom. The molecule has 126 valence electrons. The molecule has 0 aromatic heterocycles. The lowest BCUT2D eigenvalue weighted by Crippen LogP contribution is -2.27. The molecule has 1 amide bonds. The molecule has 2 aliphatic rings. The summed E-state index contributed by atoms with van der Waals surface area (Å²) in [5.41, 5.74) is -2.31. The number of hydrogen-bond acceptors (Lipinski definition) is 1. The Labute approximate surface area is 130 Å². The van der Waals surface area contributed by atoms with E-state index in [0.717, 1.165) is 18.9 Å². The van der Waals surface area contributed by atoms with Crippen LogP contribution in [0, 0.1) is 11.8 Å². The fraction of sp³-hybridized carbons (Fsp3) is 0.562. The third-order valence-corrected chi connectivity index (χ3v) is 4.25. The van der Waals surface area contributed by atoms with Crippen molar-refractivity contribution in [2.45, 2.75) is 37.8 Å². The molecule has 7 heteroatoms. The van der Waals surface area contributed by atoms with Crippen molar-refractivity contribution >= 4 is 5.91 Å². The summed E-state index contributed by atoms with van der Waals surface area (Å²) in [4.78, 5) is 12.0. The van der Waals surface area contributed by atoms with Gasteiger partial charge < -0.3 is 5.32 Å². The summed E-state index contributed by atoms with van der Waals surface area (Å²) >= 11 is 0. The molecule has 0 aliphatic heterocycles. The first-order valence-electron chi connectivity index (χ1n) is 7.56. The van der Waals surface area contributed by atoms with Crippen LogP contribution in [0.25, 0.3) is 0 Å². The Morgan fingerprint density at radius 2 is 1.61 bits per heavy atom. The van der Waals surface area contributed by atoms with Gasteiger partial charge in [0.15, 0.2) is 0 Å². The van der Waals surface area contributed by atoms with Gasteiger partial charge in [0.1, 0.15) is 0 Å². The summed E-state index contributed by atoms with van der Waals surface area (Å²) in [6.07, 6.45) is -2.28. The molecule has 1 N–H and O–H groups in total. The summed E-state index contributed by atoms with van der Waals surface area (Å²) in [5.74, 6) is -4.67. The van der Waals surface area contributed by atoms with Crippen LogP contribution in [0.15, 0.2) is 18.2 Å². The summed E-state index contributed by atoms with van der Waals surface area (Å²) in [5, 5.41) is 2.51. The zero-order valence-electron chi connectivity index (χ0n) is 12.2. The molecule has 0 saturated heterocycles. The molecule has 0 atom stereocenters. The molecule has 0 unspecified atom stereocenters. The molecule has 0 bridgehead atoms. The highest BCUT2D eigenvalue weighted by Gasteiger charge is 2.49. The lowest BCUT2D eigenvalue weighted by molar-refractivity contribution is -0.137. The highest BCUT2D eigenvalue weighted by Crippen LogP contribution is 2.50. The van der Waals surface area contributed by atoms with Crippen LogP contribution in [0.2, 0.25) is 0 Å². The van der Waals surface area contributed by atoms with Gasteiger partial charge in [0, 0.05) is 23.6 Å². The van der Waals surface area contributed by atoms with Crippen LogP contribution in [0.5, 0.6) is 0 Å². The molecule has 2 aliphatic carbocycles. The third kappa shape index (κ3) is 3.64. The largest absolute Gasteiger partial charge is 0.416 e. The number of alkyl halides is 5. The first-order chi connectivity index (χ1) is 10.7. The zero-order chi connectivity index (χ0) is 16.8. The first-order valence-corrected chi connectivity index (χ1v) is 7.56. The van der Waals surface area contributed by atoms with E-state index in [1.54, 1.807) is 0 Å². The Morgan fingerprint density at radius 3 is 2.13 bits per heavy atom. The maximum Gasteiger partial charge on any atom is 0.416 e. The van der Waals surface area contributed by atoms with E-state index in [2.05, 4.69) is 5.32 Å². The van der Waals surface area contributed by atoms with E-state index in [4.69, 9.17) is 0 Å². The maximum atomic E-state index is 14.2. The summed E-state index contributed by atoms with van der Waals surface area (Å²) < 4.78 is 67.2. The van der Waals surface area contributed by atoms with Gasteiger partial charge in [0.25, 0.3) is 11.8 Å². The molecular formula is C16H16F5NO. The second-order valence-electron chi connectivity index (χ2n) is 6.35. The van der Waals surface area contributed by atoms with Crippen LogP contribution in [0.3, 0.4) is 0 Å². The molecule has 0 heterocycles. The fourth-order valence-corrected chi connectivity index (χ4v) is 2.46. The molecule has 2 nitrogen and oxygen atoms in total. The maximum absolute atomic E-state index is 14.2. The highest BCUT2D eigenvalue weighted by molar-refractivity contribution is 5.94. The molecule has 2 fully saturated rings. The quantitative estimate of drug-likeness (QED) is 0.798. The molecule has 1 aromatic rings. The zero-order valence-corrected chi connectivity index (χ0v) is 12.2. The molecule has 0 spiro atoms. The van der Waals surface area contributed by atoms with E-state index in [1.807, 2.05) is 0 Å². The smallest absolute Gasteiger partial charge is 0.352 e. The Hall–Kier alpha value is -1.66. The van der Waals surface area contributed by atoms with Crippen LogP contribution < -0.4 is 5.32 Å². The van der Waals surface area contributed by atoms with Crippen LogP contribution in [0.1, 0.15) is 47.2 Å². The molecular weight excluding hydrogens is 317 g/mol. The predicted molar refractivity (Wildman–Crippen MR) is 73.1 cm³/mol. The van der Waals surface area contributed by atoms with Gasteiger partial charge in [-0.05, 0) is 49.8 Å². The number of benzene rings is 1. The Bertz CT molecular complexity index is 617. The molecule has 3 rings (SSSR count). The van der Waals surface area contributed by atoms with E-state index in [-0.39, 0.29) is 18.4 Å². The topological polar surface area (TPSA) is 29.1 Å². The van der Waals surface area contributed by atoms with Crippen LogP contribution >= 0.6 is 0 Å². The number of carbonyl (C=O) groups excluding carboxylic acids is 1. The van der Waals surface area contributed by atoms with Crippen molar-refractivity contribution in [3.8, 4) is 0 Å². The van der Waals surface area contributed by atoms with Crippen LogP contribution in [-0.2, 0) is 12.1 Å². The highest BCUT2D eigenvalue weighted by atomic mass is 19.4. The van der Waals surface area contributed by atoms with Gasteiger partial charge in [-0.15, -0.1) is 0 Å². The van der Waals surface area contributed by atoms with E-state index in [9.17, 15) is 26.7 Å². The van der Waals surface area contributed by atoms with Crippen molar-refractivity contribution in [2.24, 2.45) is 11.8 Å². The molecule has 23 heavy (non-hydrogen) atoms. The van der Waals surface area contributed by atoms with Crippen LogP contribution in [0.4, 0.5) is 22.0 Å². The normalized spacial score (nSPS) is 18.8. The van der Waals surface area contributed by atoms with Crippen molar-refractivity contribution in [3.05, 3.63) is 34.9 Å². The van der Waals surface area contributed by atoms with Crippen molar-refractivity contribution in [2.75, 3.05) is 6.54 Å². The van der Waals surface area contributed by atoms with Crippen molar-refractivity contribution in [1.29, 1.82) is 0 Å². The monoisotopic (exact) mass is 333 g/mol.